The van der Waals surface area contributed by atoms with Crippen LogP contribution in [-0.2, 0) is 14.3 Å². The van der Waals surface area contributed by atoms with Gasteiger partial charge in [-0.1, -0.05) is 50.6 Å². The fourth-order valence-corrected chi connectivity index (χ4v) is 4.41. The summed E-state index contributed by atoms with van der Waals surface area (Å²) in [5, 5.41) is 6.38. The van der Waals surface area contributed by atoms with Gasteiger partial charge in [0.15, 0.2) is 0 Å². The summed E-state index contributed by atoms with van der Waals surface area (Å²) in [6, 6.07) is 9.07. The van der Waals surface area contributed by atoms with Gasteiger partial charge >= 0.3 is 5.97 Å². The van der Waals surface area contributed by atoms with Crippen LogP contribution in [0.2, 0.25) is 0 Å². The first-order valence-electron chi connectivity index (χ1n) is 10.5. The van der Waals surface area contributed by atoms with Crippen molar-refractivity contribution >= 4 is 34.1 Å². The summed E-state index contributed by atoms with van der Waals surface area (Å²) in [6.45, 7) is 8.12. The molecule has 8 heteroatoms. The van der Waals surface area contributed by atoms with E-state index in [0.717, 1.165) is 22.4 Å². The number of amides is 2. The normalized spacial score (nSPS) is 12.8. The van der Waals surface area contributed by atoms with Crippen LogP contribution >= 0.6 is 11.3 Å². The molecule has 168 valence electrons. The van der Waals surface area contributed by atoms with Gasteiger partial charge in [-0.2, -0.15) is 0 Å². The molecule has 0 aliphatic carbocycles. The van der Waals surface area contributed by atoms with Crippen molar-refractivity contribution in [3.8, 4) is 11.1 Å². The van der Waals surface area contributed by atoms with Gasteiger partial charge in [-0.05, 0) is 25.3 Å². The Kier molecular flexibility index (Phi) is 9.21. The molecule has 2 rings (SSSR count). The Bertz CT molecular complexity index is 911. The van der Waals surface area contributed by atoms with Crippen molar-refractivity contribution < 1.29 is 19.1 Å². The largest absolute Gasteiger partial charge is 0.462 e. The summed E-state index contributed by atoms with van der Waals surface area (Å²) in [5.74, 6) is -1.08. The van der Waals surface area contributed by atoms with Crippen molar-refractivity contribution in [2.75, 3.05) is 18.5 Å². The maximum atomic E-state index is 12.7. The van der Waals surface area contributed by atoms with Gasteiger partial charge in [0.05, 0.1) is 12.6 Å². The number of thiophene rings is 1. The molecular weight excluding hydrogens is 414 g/mol. The predicted molar refractivity (Wildman–Crippen MR) is 124 cm³/mol. The van der Waals surface area contributed by atoms with Crippen LogP contribution in [0.4, 0.5) is 5.00 Å². The monoisotopic (exact) mass is 445 g/mol. The summed E-state index contributed by atoms with van der Waals surface area (Å²) < 4.78 is 5.26. The topological polar surface area (TPSA) is 111 Å². The lowest BCUT2D eigenvalue weighted by atomic mass is 9.98. The third-order valence-electron chi connectivity index (χ3n) is 5.12. The Balaban J connectivity index is 2.18. The SMILES string of the molecule is CCOC(=O)c1c(NC(=O)CCNC(C(N)=O)C(C)CC)sc(C)c1-c1ccccc1. The van der Waals surface area contributed by atoms with E-state index in [9.17, 15) is 14.4 Å². The first kappa shape index (κ1) is 24.6. The van der Waals surface area contributed by atoms with Crippen molar-refractivity contribution in [1.82, 2.24) is 5.32 Å². The highest BCUT2D eigenvalue weighted by Gasteiger charge is 2.26. The molecular formula is C23H31N3O4S. The van der Waals surface area contributed by atoms with Gasteiger partial charge in [0.1, 0.15) is 10.6 Å². The van der Waals surface area contributed by atoms with Gasteiger partial charge in [-0.25, -0.2) is 4.79 Å². The summed E-state index contributed by atoms with van der Waals surface area (Å²) >= 11 is 1.34. The van der Waals surface area contributed by atoms with E-state index >= 15 is 0 Å². The quantitative estimate of drug-likeness (QED) is 0.457. The molecule has 2 atom stereocenters. The summed E-state index contributed by atoms with van der Waals surface area (Å²) in [5.41, 5.74) is 7.48. The highest BCUT2D eigenvalue weighted by molar-refractivity contribution is 7.17. The Morgan fingerprint density at radius 2 is 1.84 bits per heavy atom. The van der Waals surface area contributed by atoms with Gasteiger partial charge in [0, 0.05) is 23.4 Å². The van der Waals surface area contributed by atoms with Crippen LogP contribution in [0.5, 0.6) is 0 Å². The number of anilines is 1. The first-order chi connectivity index (χ1) is 14.8. The zero-order valence-electron chi connectivity index (χ0n) is 18.5. The van der Waals surface area contributed by atoms with E-state index in [0.29, 0.717) is 17.1 Å². The molecule has 0 saturated heterocycles. The number of ether oxygens (including phenoxy) is 1. The average molecular weight is 446 g/mol. The van der Waals surface area contributed by atoms with Crippen molar-refractivity contribution in [3.05, 3.63) is 40.8 Å². The molecule has 0 spiro atoms. The molecule has 2 unspecified atom stereocenters. The van der Waals surface area contributed by atoms with Crippen molar-refractivity contribution in [3.63, 3.8) is 0 Å². The number of nitrogens with two attached hydrogens (primary N) is 1. The standard InChI is InChI=1S/C23H31N3O4S/c1-5-14(3)20(21(24)28)25-13-12-17(27)26-22-19(23(29)30-6-2)18(15(4)31-22)16-10-8-7-9-11-16/h7-11,14,20,25H,5-6,12-13H2,1-4H3,(H2,24,28)(H,26,27). The molecule has 2 amide bonds. The second-order valence-electron chi connectivity index (χ2n) is 7.34. The Labute approximate surface area is 187 Å². The summed E-state index contributed by atoms with van der Waals surface area (Å²) in [4.78, 5) is 37.8. The van der Waals surface area contributed by atoms with Gasteiger partial charge < -0.3 is 21.1 Å². The molecule has 1 aromatic carbocycles. The highest BCUT2D eigenvalue weighted by Crippen LogP contribution is 2.40. The lowest BCUT2D eigenvalue weighted by Crippen LogP contribution is -2.46. The van der Waals surface area contributed by atoms with Crippen LogP contribution in [0.3, 0.4) is 0 Å². The molecule has 1 heterocycles. The number of rotatable bonds is 11. The maximum absolute atomic E-state index is 12.7. The van der Waals surface area contributed by atoms with E-state index in [1.807, 2.05) is 51.1 Å². The number of aryl methyl sites for hydroxylation is 1. The minimum absolute atomic E-state index is 0.0735. The lowest BCUT2D eigenvalue weighted by Gasteiger charge is -2.21. The van der Waals surface area contributed by atoms with Gasteiger partial charge in [-0.3, -0.25) is 9.59 Å². The number of carbonyl (C=O) groups is 3. The van der Waals surface area contributed by atoms with Gasteiger partial charge in [-0.15, -0.1) is 11.3 Å². The van der Waals surface area contributed by atoms with E-state index in [1.54, 1.807) is 6.92 Å². The number of hydrogen-bond donors (Lipinski definition) is 3. The Morgan fingerprint density at radius 1 is 1.16 bits per heavy atom. The van der Waals surface area contributed by atoms with E-state index in [1.165, 1.54) is 11.3 Å². The molecule has 2 aromatic rings. The molecule has 0 aliphatic rings. The van der Waals surface area contributed by atoms with E-state index in [4.69, 9.17) is 10.5 Å². The van der Waals surface area contributed by atoms with Crippen LogP contribution < -0.4 is 16.4 Å². The molecule has 0 saturated carbocycles. The van der Waals surface area contributed by atoms with Crippen LogP contribution in [0.1, 0.15) is 48.8 Å². The smallest absolute Gasteiger partial charge is 0.341 e. The lowest BCUT2D eigenvalue weighted by molar-refractivity contribution is -0.121. The molecule has 0 bridgehead atoms. The first-order valence-corrected chi connectivity index (χ1v) is 11.3. The Hall–Kier alpha value is -2.71. The summed E-state index contributed by atoms with van der Waals surface area (Å²) in [6.07, 6.45) is 0.937. The van der Waals surface area contributed by atoms with Crippen molar-refractivity contribution in [2.45, 2.75) is 46.6 Å². The second kappa shape index (κ2) is 11.6. The molecule has 0 aliphatic heterocycles. The average Bonchev–Trinajstić information content (AvgIpc) is 3.06. The molecule has 0 radical (unpaired) electrons. The molecule has 31 heavy (non-hydrogen) atoms. The molecule has 0 fully saturated rings. The predicted octanol–water partition coefficient (Wildman–Crippen LogP) is 3.72. The number of nitrogens with one attached hydrogen (secondary N) is 2. The number of esters is 1. The molecule has 1 aromatic heterocycles. The van der Waals surface area contributed by atoms with Gasteiger partial charge in [0.2, 0.25) is 11.8 Å². The second-order valence-corrected chi connectivity index (χ2v) is 8.57. The third kappa shape index (κ3) is 6.38. The van der Waals surface area contributed by atoms with Crippen LogP contribution in [-0.4, -0.2) is 37.0 Å². The highest BCUT2D eigenvalue weighted by atomic mass is 32.1. The van der Waals surface area contributed by atoms with Crippen LogP contribution in [0.25, 0.3) is 11.1 Å². The van der Waals surface area contributed by atoms with Crippen molar-refractivity contribution in [1.29, 1.82) is 0 Å². The Morgan fingerprint density at radius 3 is 2.42 bits per heavy atom. The fourth-order valence-electron chi connectivity index (χ4n) is 3.33. The minimum Gasteiger partial charge on any atom is -0.462 e. The zero-order chi connectivity index (χ0) is 23.0. The maximum Gasteiger partial charge on any atom is 0.341 e. The van der Waals surface area contributed by atoms with E-state index < -0.39 is 17.9 Å². The van der Waals surface area contributed by atoms with Crippen LogP contribution in [0.15, 0.2) is 30.3 Å². The summed E-state index contributed by atoms with van der Waals surface area (Å²) in [7, 11) is 0. The molecule has 7 nitrogen and oxygen atoms in total. The number of benzene rings is 1. The number of primary amides is 1. The van der Waals surface area contributed by atoms with Gasteiger partial charge in [0.25, 0.3) is 0 Å². The molecule has 4 N–H and O–H groups in total. The zero-order valence-corrected chi connectivity index (χ0v) is 19.3. The number of hydrogen-bond acceptors (Lipinski definition) is 6. The number of carbonyl (C=O) groups excluding carboxylic acids is 3. The van der Waals surface area contributed by atoms with Crippen molar-refractivity contribution in [2.24, 2.45) is 11.7 Å². The van der Waals surface area contributed by atoms with E-state index in [-0.39, 0.29) is 24.9 Å². The fraction of sp³-hybridized carbons (Fsp3) is 0.435. The third-order valence-corrected chi connectivity index (χ3v) is 6.14. The van der Waals surface area contributed by atoms with E-state index in [2.05, 4.69) is 10.6 Å². The minimum atomic E-state index is -0.485. The van der Waals surface area contributed by atoms with Crippen LogP contribution in [0, 0.1) is 12.8 Å².